The van der Waals surface area contributed by atoms with Crippen LogP contribution in [-0.4, -0.2) is 17.8 Å². The van der Waals surface area contributed by atoms with E-state index in [1.54, 1.807) is 6.07 Å². The van der Waals surface area contributed by atoms with Gasteiger partial charge in [0.25, 0.3) is 0 Å². The van der Waals surface area contributed by atoms with Crippen molar-refractivity contribution in [1.29, 1.82) is 0 Å². The molecule has 0 spiro atoms. The molecule has 0 aromatic heterocycles. The molecule has 0 aliphatic carbocycles. The van der Waals surface area contributed by atoms with E-state index < -0.39 is 0 Å². The van der Waals surface area contributed by atoms with Gasteiger partial charge in [0.05, 0.1) is 6.61 Å². The predicted octanol–water partition coefficient (Wildman–Crippen LogP) is 3.32. The van der Waals surface area contributed by atoms with E-state index in [1.807, 2.05) is 19.1 Å². The highest BCUT2D eigenvalue weighted by Gasteiger charge is 2.09. The van der Waals surface area contributed by atoms with E-state index in [0.29, 0.717) is 30.9 Å². The van der Waals surface area contributed by atoms with Crippen molar-refractivity contribution >= 4 is 0 Å². The molecule has 1 unspecified atom stereocenters. The summed E-state index contributed by atoms with van der Waals surface area (Å²) in [6, 6.07) is 6.07. The number of nitrogens with one attached hydrogen (secondary N) is 1. The second-order valence-electron chi connectivity index (χ2n) is 5.11. The fourth-order valence-electron chi connectivity index (χ4n) is 2.06. The highest BCUT2D eigenvalue weighted by molar-refractivity contribution is 5.45. The highest BCUT2D eigenvalue weighted by atomic mass is 16.5. The number of rotatable bonds is 7. The van der Waals surface area contributed by atoms with E-state index in [2.05, 4.69) is 26.1 Å². The fraction of sp³-hybridized carbons (Fsp3) is 0.600. The first kappa shape index (κ1) is 14.8. The number of hydrogen-bond acceptors (Lipinski definition) is 3. The zero-order valence-electron chi connectivity index (χ0n) is 11.9. The zero-order chi connectivity index (χ0) is 13.5. The van der Waals surface area contributed by atoms with Gasteiger partial charge in [-0.25, -0.2) is 0 Å². The van der Waals surface area contributed by atoms with Gasteiger partial charge in [-0.3, -0.25) is 0 Å². The lowest BCUT2D eigenvalue weighted by Crippen LogP contribution is -2.26. The van der Waals surface area contributed by atoms with Gasteiger partial charge in [-0.05, 0) is 32.3 Å². The van der Waals surface area contributed by atoms with Crippen LogP contribution in [0.15, 0.2) is 18.2 Å². The van der Waals surface area contributed by atoms with Crippen molar-refractivity contribution in [2.45, 2.75) is 46.7 Å². The van der Waals surface area contributed by atoms with Crippen molar-refractivity contribution in [3.63, 3.8) is 0 Å². The molecule has 0 aliphatic heterocycles. The lowest BCUT2D eigenvalue weighted by atomic mass is 10.0. The smallest absolute Gasteiger partial charge is 0.162 e. The van der Waals surface area contributed by atoms with Gasteiger partial charge < -0.3 is 15.2 Å². The molecule has 0 saturated heterocycles. The SMILES string of the molecule is CCOc1cccc(CNC(C)CC(C)C)c1O. The molecule has 3 nitrogen and oxygen atoms in total. The van der Waals surface area contributed by atoms with Crippen molar-refractivity contribution in [2.24, 2.45) is 5.92 Å². The molecule has 1 aromatic rings. The van der Waals surface area contributed by atoms with E-state index in [-0.39, 0.29) is 5.75 Å². The molecule has 0 heterocycles. The summed E-state index contributed by atoms with van der Waals surface area (Å²) in [5, 5.41) is 13.5. The molecule has 0 fully saturated rings. The molecule has 3 heteroatoms. The van der Waals surface area contributed by atoms with Crippen LogP contribution in [0.4, 0.5) is 0 Å². The standard InChI is InChI=1S/C15H25NO2/c1-5-18-14-8-6-7-13(15(14)17)10-16-12(4)9-11(2)3/h6-8,11-12,16-17H,5,9-10H2,1-4H3. The quantitative estimate of drug-likeness (QED) is 0.781. The van der Waals surface area contributed by atoms with Crippen LogP contribution >= 0.6 is 0 Å². The van der Waals surface area contributed by atoms with Crippen molar-refractivity contribution in [3.05, 3.63) is 23.8 Å². The molecule has 1 rings (SSSR count). The Labute approximate surface area is 110 Å². The molecule has 0 aliphatic rings. The van der Waals surface area contributed by atoms with Crippen LogP contribution in [0.1, 0.15) is 39.7 Å². The topological polar surface area (TPSA) is 41.5 Å². The summed E-state index contributed by atoms with van der Waals surface area (Å²) in [4.78, 5) is 0. The molecular weight excluding hydrogens is 226 g/mol. The monoisotopic (exact) mass is 251 g/mol. The minimum atomic E-state index is 0.253. The Kier molecular flexibility index (Phi) is 5.99. The zero-order valence-corrected chi connectivity index (χ0v) is 11.9. The summed E-state index contributed by atoms with van der Waals surface area (Å²) in [5.41, 5.74) is 0.886. The van der Waals surface area contributed by atoms with Crippen LogP contribution in [0.5, 0.6) is 11.5 Å². The molecule has 0 amide bonds. The van der Waals surface area contributed by atoms with Gasteiger partial charge in [-0.2, -0.15) is 0 Å². The molecule has 1 atom stereocenters. The van der Waals surface area contributed by atoms with E-state index >= 15 is 0 Å². The van der Waals surface area contributed by atoms with Gasteiger partial charge in [0.2, 0.25) is 0 Å². The van der Waals surface area contributed by atoms with Gasteiger partial charge in [-0.1, -0.05) is 26.0 Å². The number of benzene rings is 1. The maximum absolute atomic E-state index is 10.0. The van der Waals surface area contributed by atoms with Crippen molar-refractivity contribution in [1.82, 2.24) is 5.32 Å². The Hall–Kier alpha value is -1.22. The van der Waals surface area contributed by atoms with E-state index in [4.69, 9.17) is 4.74 Å². The van der Waals surface area contributed by atoms with Gasteiger partial charge in [-0.15, -0.1) is 0 Å². The second-order valence-corrected chi connectivity index (χ2v) is 5.11. The first-order chi connectivity index (χ1) is 8.54. The van der Waals surface area contributed by atoms with Crippen LogP contribution in [0.2, 0.25) is 0 Å². The third-order valence-electron chi connectivity index (χ3n) is 2.85. The average molecular weight is 251 g/mol. The number of phenols is 1. The third-order valence-corrected chi connectivity index (χ3v) is 2.85. The molecular formula is C15H25NO2. The highest BCUT2D eigenvalue weighted by Crippen LogP contribution is 2.29. The summed E-state index contributed by atoms with van der Waals surface area (Å²) in [5.74, 6) is 1.49. The number of ether oxygens (including phenoxy) is 1. The molecule has 0 bridgehead atoms. The largest absolute Gasteiger partial charge is 0.504 e. The second kappa shape index (κ2) is 7.27. The lowest BCUT2D eigenvalue weighted by molar-refractivity contribution is 0.315. The number of hydrogen-bond donors (Lipinski definition) is 2. The van der Waals surface area contributed by atoms with Gasteiger partial charge in [0, 0.05) is 18.2 Å². The Morgan fingerprint density at radius 2 is 2.00 bits per heavy atom. The maximum atomic E-state index is 10.0. The Bertz CT molecular complexity index is 364. The number of para-hydroxylation sites is 1. The van der Waals surface area contributed by atoms with Crippen LogP contribution in [0, 0.1) is 5.92 Å². The molecule has 2 N–H and O–H groups in total. The average Bonchev–Trinajstić information content (AvgIpc) is 2.29. The van der Waals surface area contributed by atoms with Gasteiger partial charge >= 0.3 is 0 Å². The number of aromatic hydroxyl groups is 1. The molecule has 18 heavy (non-hydrogen) atoms. The Morgan fingerprint density at radius 3 is 2.61 bits per heavy atom. The summed E-state index contributed by atoms with van der Waals surface area (Å²) in [6.45, 7) is 9.74. The Morgan fingerprint density at radius 1 is 1.28 bits per heavy atom. The van der Waals surface area contributed by atoms with Crippen molar-refractivity contribution in [3.8, 4) is 11.5 Å². The Balaban J connectivity index is 2.59. The van der Waals surface area contributed by atoms with E-state index in [9.17, 15) is 5.11 Å². The maximum Gasteiger partial charge on any atom is 0.162 e. The van der Waals surface area contributed by atoms with Gasteiger partial charge in [0.15, 0.2) is 11.5 Å². The normalized spacial score (nSPS) is 12.7. The lowest BCUT2D eigenvalue weighted by Gasteiger charge is -2.17. The van der Waals surface area contributed by atoms with Crippen LogP contribution in [0.25, 0.3) is 0 Å². The van der Waals surface area contributed by atoms with Crippen LogP contribution in [-0.2, 0) is 6.54 Å². The molecule has 0 radical (unpaired) electrons. The molecule has 0 saturated carbocycles. The summed E-state index contributed by atoms with van der Waals surface area (Å²) >= 11 is 0. The van der Waals surface area contributed by atoms with Crippen molar-refractivity contribution in [2.75, 3.05) is 6.61 Å². The number of phenolic OH excluding ortho intramolecular Hbond substituents is 1. The first-order valence-electron chi connectivity index (χ1n) is 6.71. The molecule has 102 valence electrons. The van der Waals surface area contributed by atoms with Crippen molar-refractivity contribution < 1.29 is 9.84 Å². The van der Waals surface area contributed by atoms with Crippen LogP contribution < -0.4 is 10.1 Å². The summed E-state index contributed by atoms with van der Waals surface area (Å²) < 4.78 is 5.37. The predicted molar refractivity (Wildman–Crippen MR) is 75.0 cm³/mol. The summed E-state index contributed by atoms with van der Waals surface area (Å²) in [7, 11) is 0. The third kappa shape index (κ3) is 4.57. The summed E-state index contributed by atoms with van der Waals surface area (Å²) in [6.07, 6.45) is 1.13. The fourth-order valence-corrected chi connectivity index (χ4v) is 2.06. The minimum Gasteiger partial charge on any atom is -0.504 e. The first-order valence-corrected chi connectivity index (χ1v) is 6.71. The molecule has 1 aromatic carbocycles. The van der Waals surface area contributed by atoms with E-state index in [0.717, 1.165) is 12.0 Å². The van der Waals surface area contributed by atoms with E-state index in [1.165, 1.54) is 0 Å². The van der Waals surface area contributed by atoms with Crippen LogP contribution in [0.3, 0.4) is 0 Å². The minimum absolute atomic E-state index is 0.253. The van der Waals surface area contributed by atoms with Gasteiger partial charge in [0.1, 0.15) is 0 Å².